The molecule has 2 aliphatic heterocycles. The van der Waals surface area contributed by atoms with E-state index in [1.54, 1.807) is 0 Å². The van der Waals surface area contributed by atoms with Crippen molar-refractivity contribution in [1.29, 1.82) is 0 Å². The molecule has 0 radical (unpaired) electrons. The minimum Gasteiger partial charge on any atom is -0.376 e. The quantitative estimate of drug-likeness (QED) is 0.895. The van der Waals surface area contributed by atoms with Crippen molar-refractivity contribution in [2.45, 2.75) is 50.4 Å². The maximum atomic E-state index is 12.6. The standard InChI is InChI=1S/C19H28N2O3/c1-14(24-13-16-9-5-6-10-23-16)19(22)21-11-17(18(20)12-21)15-7-3-2-4-8-15/h2-4,7-8,14,16-18H,5-6,9-13,20H2,1H3/t14?,16?,17-,18+/m0/s1. The fourth-order valence-corrected chi connectivity index (χ4v) is 3.58. The zero-order valence-electron chi connectivity index (χ0n) is 14.4. The van der Waals surface area contributed by atoms with Gasteiger partial charge in [-0.1, -0.05) is 30.3 Å². The Bertz CT molecular complexity index is 531. The summed E-state index contributed by atoms with van der Waals surface area (Å²) in [6, 6.07) is 10.2. The zero-order chi connectivity index (χ0) is 16.9. The first-order chi connectivity index (χ1) is 11.6. The third kappa shape index (κ3) is 4.15. The van der Waals surface area contributed by atoms with E-state index >= 15 is 0 Å². The molecule has 2 saturated heterocycles. The van der Waals surface area contributed by atoms with Gasteiger partial charge in [0.2, 0.25) is 0 Å². The lowest BCUT2D eigenvalue weighted by Crippen LogP contribution is -2.40. The first-order valence-electron chi connectivity index (χ1n) is 8.97. The number of benzene rings is 1. The number of nitrogens with two attached hydrogens (primary N) is 1. The highest BCUT2D eigenvalue weighted by molar-refractivity contribution is 5.81. The third-order valence-electron chi connectivity index (χ3n) is 5.06. The average molecular weight is 332 g/mol. The topological polar surface area (TPSA) is 64.8 Å². The third-order valence-corrected chi connectivity index (χ3v) is 5.06. The van der Waals surface area contributed by atoms with Crippen LogP contribution in [-0.4, -0.2) is 55.4 Å². The van der Waals surface area contributed by atoms with E-state index in [-0.39, 0.29) is 24.0 Å². The molecule has 1 amide bonds. The van der Waals surface area contributed by atoms with Gasteiger partial charge in [-0.2, -0.15) is 0 Å². The molecule has 5 heteroatoms. The molecule has 2 aliphatic rings. The predicted molar refractivity (Wildman–Crippen MR) is 92.7 cm³/mol. The molecular formula is C19H28N2O3. The molecule has 2 unspecified atom stereocenters. The number of carbonyl (C=O) groups excluding carboxylic acids is 1. The van der Waals surface area contributed by atoms with E-state index in [0.717, 1.165) is 19.4 Å². The Hall–Kier alpha value is -1.43. The molecule has 2 fully saturated rings. The highest BCUT2D eigenvalue weighted by Crippen LogP contribution is 2.27. The van der Waals surface area contributed by atoms with E-state index in [2.05, 4.69) is 12.1 Å². The van der Waals surface area contributed by atoms with Crippen molar-refractivity contribution in [1.82, 2.24) is 4.90 Å². The van der Waals surface area contributed by atoms with Gasteiger partial charge in [0.15, 0.2) is 0 Å². The highest BCUT2D eigenvalue weighted by Gasteiger charge is 2.35. The Labute approximate surface area is 144 Å². The van der Waals surface area contributed by atoms with E-state index in [0.29, 0.717) is 19.7 Å². The predicted octanol–water partition coefficient (Wildman–Crippen LogP) is 1.91. The van der Waals surface area contributed by atoms with Crippen LogP contribution in [0.3, 0.4) is 0 Å². The van der Waals surface area contributed by atoms with Gasteiger partial charge in [-0.05, 0) is 31.7 Å². The van der Waals surface area contributed by atoms with E-state index < -0.39 is 6.10 Å². The SMILES string of the molecule is CC(OCC1CCCCO1)C(=O)N1C[C@@H](N)[C@H](c2ccccc2)C1. The van der Waals surface area contributed by atoms with Crippen molar-refractivity contribution in [2.24, 2.45) is 5.73 Å². The summed E-state index contributed by atoms with van der Waals surface area (Å²) in [4.78, 5) is 14.5. The maximum absolute atomic E-state index is 12.6. The lowest BCUT2D eigenvalue weighted by atomic mass is 9.95. The van der Waals surface area contributed by atoms with Gasteiger partial charge in [-0.3, -0.25) is 4.79 Å². The summed E-state index contributed by atoms with van der Waals surface area (Å²) in [5.41, 5.74) is 7.47. The lowest BCUT2D eigenvalue weighted by Gasteiger charge is -2.25. The molecule has 4 atom stereocenters. The van der Waals surface area contributed by atoms with Gasteiger partial charge in [0.25, 0.3) is 5.91 Å². The molecular weight excluding hydrogens is 304 g/mol. The van der Waals surface area contributed by atoms with E-state index in [1.165, 1.54) is 12.0 Å². The maximum Gasteiger partial charge on any atom is 0.251 e. The van der Waals surface area contributed by atoms with Crippen LogP contribution in [-0.2, 0) is 14.3 Å². The smallest absolute Gasteiger partial charge is 0.251 e. The summed E-state index contributed by atoms with van der Waals surface area (Å²) >= 11 is 0. The molecule has 3 rings (SSSR count). The average Bonchev–Trinajstić information content (AvgIpc) is 3.02. The molecule has 5 nitrogen and oxygen atoms in total. The molecule has 0 aliphatic carbocycles. The molecule has 0 aromatic heterocycles. The second kappa shape index (κ2) is 8.10. The first-order valence-corrected chi connectivity index (χ1v) is 8.97. The molecule has 0 bridgehead atoms. The van der Waals surface area contributed by atoms with Crippen molar-refractivity contribution in [3.63, 3.8) is 0 Å². The van der Waals surface area contributed by atoms with Crippen LogP contribution in [0.25, 0.3) is 0 Å². The van der Waals surface area contributed by atoms with Crippen molar-refractivity contribution in [3.05, 3.63) is 35.9 Å². The molecule has 0 saturated carbocycles. The van der Waals surface area contributed by atoms with Crippen LogP contribution in [0.4, 0.5) is 0 Å². The van der Waals surface area contributed by atoms with Gasteiger partial charge in [0, 0.05) is 31.7 Å². The van der Waals surface area contributed by atoms with Crippen molar-refractivity contribution in [3.8, 4) is 0 Å². The summed E-state index contributed by atoms with van der Waals surface area (Å²) in [7, 11) is 0. The normalized spacial score (nSPS) is 28.8. The Morgan fingerprint density at radius 3 is 2.83 bits per heavy atom. The number of hydrogen-bond donors (Lipinski definition) is 1. The van der Waals surface area contributed by atoms with Crippen molar-refractivity contribution >= 4 is 5.91 Å². The van der Waals surface area contributed by atoms with Crippen LogP contribution in [0, 0.1) is 0 Å². The number of nitrogens with zero attached hydrogens (tertiary/aromatic N) is 1. The Morgan fingerprint density at radius 2 is 2.12 bits per heavy atom. The number of hydrogen-bond acceptors (Lipinski definition) is 4. The number of carbonyl (C=O) groups is 1. The van der Waals surface area contributed by atoms with Crippen LogP contribution in [0.15, 0.2) is 30.3 Å². The molecule has 0 spiro atoms. The largest absolute Gasteiger partial charge is 0.376 e. The number of ether oxygens (including phenoxy) is 2. The summed E-state index contributed by atoms with van der Waals surface area (Å²) in [6.45, 7) is 4.38. The fourth-order valence-electron chi connectivity index (χ4n) is 3.58. The van der Waals surface area contributed by atoms with E-state index in [9.17, 15) is 4.79 Å². The Balaban J connectivity index is 1.51. The van der Waals surface area contributed by atoms with Crippen LogP contribution >= 0.6 is 0 Å². The van der Waals surface area contributed by atoms with Crippen LogP contribution < -0.4 is 5.73 Å². The number of likely N-dealkylation sites (tertiary alicyclic amines) is 1. The minimum absolute atomic E-state index is 0.0229. The monoisotopic (exact) mass is 332 g/mol. The van der Waals surface area contributed by atoms with Gasteiger partial charge in [-0.15, -0.1) is 0 Å². The van der Waals surface area contributed by atoms with Gasteiger partial charge in [-0.25, -0.2) is 0 Å². The van der Waals surface area contributed by atoms with Crippen molar-refractivity contribution in [2.75, 3.05) is 26.3 Å². The van der Waals surface area contributed by atoms with Gasteiger partial charge >= 0.3 is 0 Å². The fraction of sp³-hybridized carbons (Fsp3) is 0.632. The molecule has 24 heavy (non-hydrogen) atoms. The van der Waals surface area contributed by atoms with Gasteiger partial charge in [0.1, 0.15) is 6.10 Å². The van der Waals surface area contributed by atoms with E-state index in [4.69, 9.17) is 15.2 Å². The van der Waals surface area contributed by atoms with Crippen LogP contribution in [0.1, 0.15) is 37.7 Å². The summed E-state index contributed by atoms with van der Waals surface area (Å²) < 4.78 is 11.4. The van der Waals surface area contributed by atoms with Gasteiger partial charge in [0.05, 0.1) is 12.7 Å². The Kier molecular flexibility index (Phi) is 5.87. The number of amides is 1. The van der Waals surface area contributed by atoms with Crippen molar-refractivity contribution < 1.29 is 14.3 Å². The highest BCUT2D eigenvalue weighted by atomic mass is 16.5. The molecule has 2 heterocycles. The van der Waals surface area contributed by atoms with Gasteiger partial charge < -0.3 is 20.1 Å². The zero-order valence-corrected chi connectivity index (χ0v) is 14.4. The second-order valence-corrected chi connectivity index (χ2v) is 6.89. The summed E-state index contributed by atoms with van der Waals surface area (Å²) in [5, 5.41) is 0. The van der Waals surface area contributed by atoms with Crippen LogP contribution in [0.5, 0.6) is 0 Å². The minimum atomic E-state index is -0.447. The Morgan fingerprint density at radius 1 is 1.33 bits per heavy atom. The lowest BCUT2D eigenvalue weighted by molar-refractivity contribution is -0.145. The molecule has 2 N–H and O–H groups in total. The molecule has 1 aromatic rings. The second-order valence-electron chi connectivity index (χ2n) is 6.89. The summed E-state index contributed by atoms with van der Waals surface area (Å²) in [6.07, 6.45) is 3.00. The summed E-state index contributed by atoms with van der Waals surface area (Å²) in [5.74, 6) is 0.226. The number of rotatable bonds is 5. The molecule has 1 aromatic carbocycles. The molecule has 132 valence electrons. The first kappa shape index (κ1) is 17.4. The van der Waals surface area contributed by atoms with Crippen LogP contribution in [0.2, 0.25) is 0 Å². The van der Waals surface area contributed by atoms with E-state index in [1.807, 2.05) is 30.0 Å².